The summed E-state index contributed by atoms with van der Waals surface area (Å²) < 4.78 is 25.6. The third-order valence-corrected chi connectivity index (χ3v) is 2.07. The second-order valence-electron chi connectivity index (χ2n) is 2.32. The van der Waals surface area contributed by atoms with E-state index >= 15 is 0 Å². The largest absolute Gasteiger partial charge is 0.393 e. The second-order valence-corrected chi connectivity index (χ2v) is 3.18. The summed E-state index contributed by atoms with van der Waals surface area (Å²) in [5, 5.41) is 8.46. The van der Waals surface area contributed by atoms with Crippen molar-refractivity contribution in [2.45, 2.75) is 6.17 Å². The minimum Gasteiger partial charge on any atom is -0.393 e. The molecule has 0 spiro atoms. The molecular formula is C8H7BrF2O. The number of aliphatic hydroxyl groups excluding tert-OH is 1. The summed E-state index contributed by atoms with van der Waals surface area (Å²) in [6.45, 7) is -0.585. The predicted octanol–water partition coefficient (Wildman–Crippen LogP) is 2.59. The Morgan fingerprint density at radius 2 is 2.17 bits per heavy atom. The highest BCUT2D eigenvalue weighted by Crippen LogP contribution is 2.22. The van der Waals surface area contributed by atoms with Crippen LogP contribution in [0.5, 0.6) is 0 Å². The molecule has 0 amide bonds. The second kappa shape index (κ2) is 3.96. The molecule has 1 aromatic carbocycles. The van der Waals surface area contributed by atoms with Crippen LogP contribution in [0.3, 0.4) is 0 Å². The van der Waals surface area contributed by atoms with Crippen molar-refractivity contribution in [2.24, 2.45) is 0 Å². The molecule has 4 heteroatoms. The van der Waals surface area contributed by atoms with Gasteiger partial charge in [-0.25, -0.2) is 8.78 Å². The van der Waals surface area contributed by atoms with Crippen LogP contribution in [0.15, 0.2) is 22.7 Å². The van der Waals surface area contributed by atoms with Gasteiger partial charge in [-0.15, -0.1) is 0 Å². The highest BCUT2D eigenvalue weighted by molar-refractivity contribution is 9.10. The molecule has 0 aliphatic rings. The Labute approximate surface area is 77.2 Å². The summed E-state index contributed by atoms with van der Waals surface area (Å²) in [5.41, 5.74) is 0.269. The normalized spacial score (nSPS) is 13.0. The van der Waals surface area contributed by atoms with Crippen LogP contribution in [0.2, 0.25) is 0 Å². The van der Waals surface area contributed by atoms with Crippen LogP contribution in [0.25, 0.3) is 0 Å². The summed E-state index contributed by atoms with van der Waals surface area (Å²) in [7, 11) is 0. The van der Waals surface area contributed by atoms with E-state index in [2.05, 4.69) is 15.9 Å². The summed E-state index contributed by atoms with van der Waals surface area (Å²) in [4.78, 5) is 0. The van der Waals surface area contributed by atoms with E-state index in [1.165, 1.54) is 12.1 Å². The number of hydrogen-bond acceptors (Lipinski definition) is 1. The molecule has 0 aromatic heterocycles. The maximum absolute atomic E-state index is 12.8. The maximum Gasteiger partial charge on any atom is 0.148 e. The fourth-order valence-corrected chi connectivity index (χ4v) is 1.21. The first-order chi connectivity index (χ1) is 5.65. The molecule has 66 valence electrons. The van der Waals surface area contributed by atoms with E-state index in [0.29, 0.717) is 0 Å². The predicted molar refractivity (Wildman–Crippen MR) is 45.0 cm³/mol. The molecule has 0 aliphatic carbocycles. The quantitative estimate of drug-likeness (QED) is 0.838. The minimum absolute atomic E-state index is 0.205. The van der Waals surface area contributed by atoms with Gasteiger partial charge in [0, 0.05) is 0 Å². The van der Waals surface area contributed by atoms with Crippen molar-refractivity contribution < 1.29 is 13.9 Å². The first kappa shape index (κ1) is 9.61. The summed E-state index contributed by atoms with van der Waals surface area (Å²) in [6.07, 6.45) is -1.44. The van der Waals surface area contributed by atoms with E-state index in [9.17, 15) is 8.78 Å². The fraction of sp³-hybridized carbons (Fsp3) is 0.250. The smallest absolute Gasteiger partial charge is 0.148 e. The Bertz CT molecular complexity index is 278. The Balaban J connectivity index is 2.96. The van der Waals surface area contributed by atoms with Gasteiger partial charge in [0.15, 0.2) is 0 Å². The van der Waals surface area contributed by atoms with Gasteiger partial charge in [0.1, 0.15) is 12.0 Å². The molecule has 1 aromatic rings. The standard InChI is InChI=1S/C8H7BrF2O/c9-6-3-5(8(11)4-12)1-2-7(6)10/h1-3,8,12H,4H2. The van der Waals surface area contributed by atoms with Gasteiger partial charge in [0.05, 0.1) is 11.1 Å². The zero-order valence-corrected chi connectivity index (χ0v) is 7.68. The molecule has 0 saturated carbocycles. The molecule has 1 N–H and O–H groups in total. The highest BCUT2D eigenvalue weighted by Gasteiger charge is 2.09. The van der Waals surface area contributed by atoms with E-state index < -0.39 is 18.6 Å². The van der Waals surface area contributed by atoms with Crippen LogP contribution in [0.4, 0.5) is 8.78 Å². The topological polar surface area (TPSA) is 20.2 Å². The van der Waals surface area contributed by atoms with Crippen LogP contribution in [0.1, 0.15) is 11.7 Å². The van der Waals surface area contributed by atoms with Crippen LogP contribution in [0, 0.1) is 5.82 Å². The molecule has 0 radical (unpaired) electrons. The van der Waals surface area contributed by atoms with E-state index in [1.54, 1.807) is 0 Å². The van der Waals surface area contributed by atoms with Gasteiger partial charge in [-0.05, 0) is 33.6 Å². The Hall–Kier alpha value is -0.480. The van der Waals surface area contributed by atoms with Crippen LogP contribution < -0.4 is 0 Å². The van der Waals surface area contributed by atoms with Crippen molar-refractivity contribution in [3.8, 4) is 0 Å². The lowest BCUT2D eigenvalue weighted by Crippen LogP contribution is -1.97. The highest BCUT2D eigenvalue weighted by atomic mass is 79.9. The summed E-state index contributed by atoms with van der Waals surface area (Å²) in [6, 6.07) is 3.78. The Morgan fingerprint density at radius 3 is 2.67 bits per heavy atom. The molecule has 0 aliphatic heterocycles. The SMILES string of the molecule is OCC(F)c1ccc(F)c(Br)c1. The zero-order valence-electron chi connectivity index (χ0n) is 6.10. The molecule has 1 nitrogen and oxygen atoms in total. The molecule has 0 bridgehead atoms. The monoisotopic (exact) mass is 236 g/mol. The van der Waals surface area contributed by atoms with Crippen molar-refractivity contribution in [1.82, 2.24) is 0 Å². The maximum atomic E-state index is 12.8. The zero-order chi connectivity index (χ0) is 9.14. The van der Waals surface area contributed by atoms with E-state index in [-0.39, 0.29) is 10.0 Å². The van der Waals surface area contributed by atoms with Gasteiger partial charge in [-0.3, -0.25) is 0 Å². The average Bonchev–Trinajstić information content (AvgIpc) is 2.08. The minimum atomic E-state index is -1.44. The van der Waals surface area contributed by atoms with Crippen LogP contribution in [-0.4, -0.2) is 11.7 Å². The molecule has 1 atom stereocenters. The van der Waals surface area contributed by atoms with Crippen LogP contribution >= 0.6 is 15.9 Å². The van der Waals surface area contributed by atoms with Crippen molar-refractivity contribution in [1.29, 1.82) is 0 Å². The average molecular weight is 237 g/mol. The number of benzene rings is 1. The molecule has 1 unspecified atom stereocenters. The molecule has 0 heterocycles. The van der Waals surface area contributed by atoms with Gasteiger partial charge in [-0.2, -0.15) is 0 Å². The lowest BCUT2D eigenvalue weighted by molar-refractivity contribution is 0.180. The summed E-state index contributed by atoms with van der Waals surface area (Å²) >= 11 is 2.92. The van der Waals surface area contributed by atoms with Crippen molar-refractivity contribution in [3.63, 3.8) is 0 Å². The van der Waals surface area contributed by atoms with E-state index in [1.807, 2.05) is 0 Å². The third-order valence-electron chi connectivity index (χ3n) is 1.47. The molecule has 0 saturated heterocycles. The van der Waals surface area contributed by atoms with Crippen molar-refractivity contribution in [2.75, 3.05) is 6.61 Å². The number of halogens is 3. The first-order valence-electron chi connectivity index (χ1n) is 3.35. The van der Waals surface area contributed by atoms with Crippen molar-refractivity contribution in [3.05, 3.63) is 34.1 Å². The lowest BCUT2D eigenvalue weighted by atomic mass is 10.1. The Morgan fingerprint density at radius 1 is 1.50 bits per heavy atom. The van der Waals surface area contributed by atoms with Gasteiger partial charge < -0.3 is 5.11 Å². The number of aliphatic hydroxyl groups is 1. The Kier molecular flexibility index (Phi) is 3.17. The number of alkyl halides is 1. The molecule has 12 heavy (non-hydrogen) atoms. The molecule has 0 fully saturated rings. The van der Waals surface area contributed by atoms with Gasteiger partial charge in [0.25, 0.3) is 0 Å². The molecular weight excluding hydrogens is 230 g/mol. The van der Waals surface area contributed by atoms with Crippen molar-refractivity contribution >= 4 is 15.9 Å². The summed E-state index contributed by atoms with van der Waals surface area (Å²) in [5.74, 6) is -0.441. The fourth-order valence-electron chi connectivity index (χ4n) is 0.813. The first-order valence-corrected chi connectivity index (χ1v) is 4.14. The van der Waals surface area contributed by atoms with Gasteiger partial charge >= 0.3 is 0 Å². The van der Waals surface area contributed by atoms with Gasteiger partial charge in [0.2, 0.25) is 0 Å². The molecule has 1 rings (SSSR count). The third kappa shape index (κ3) is 2.01. The van der Waals surface area contributed by atoms with E-state index in [4.69, 9.17) is 5.11 Å². The van der Waals surface area contributed by atoms with Gasteiger partial charge in [-0.1, -0.05) is 6.07 Å². The van der Waals surface area contributed by atoms with Crippen LogP contribution in [-0.2, 0) is 0 Å². The number of hydrogen-bond donors (Lipinski definition) is 1. The lowest BCUT2D eigenvalue weighted by Gasteiger charge is -2.04. The number of rotatable bonds is 2. The van der Waals surface area contributed by atoms with E-state index in [0.717, 1.165) is 6.07 Å².